The van der Waals surface area contributed by atoms with Crippen LogP contribution in [0.2, 0.25) is 13.3 Å². The van der Waals surface area contributed by atoms with Crippen LogP contribution in [-0.2, 0) is 11.3 Å². The first-order valence-corrected chi connectivity index (χ1v) is 18.4. The molecule has 0 N–H and O–H groups in total. The van der Waals surface area contributed by atoms with Crippen LogP contribution in [0.25, 0.3) is 0 Å². The summed E-state index contributed by atoms with van der Waals surface area (Å²) in [5.74, 6) is 0.259. The quantitative estimate of drug-likeness (QED) is 0.316. The van der Waals surface area contributed by atoms with Crippen LogP contribution in [0.15, 0.2) is 30.3 Å². The number of benzene rings is 1. The zero-order valence-corrected chi connectivity index (χ0v) is 19.9. The summed E-state index contributed by atoms with van der Waals surface area (Å²) in [5.41, 5.74) is 1.26. The van der Waals surface area contributed by atoms with E-state index in [1.807, 2.05) is 0 Å². The Hall–Kier alpha value is -0.511. The molecule has 25 heavy (non-hydrogen) atoms. The third-order valence-corrected chi connectivity index (χ3v) is 20.5. The zero-order valence-electron chi connectivity index (χ0n) is 17.0. The molecule has 0 fully saturated rings. The van der Waals surface area contributed by atoms with Crippen molar-refractivity contribution in [3.05, 3.63) is 35.9 Å². The van der Waals surface area contributed by atoms with Gasteiger partial charge in [-0.25, -0.2) is 0 Å². The van der Waals surface area contributed by atoms with Crippen LogP contribution in [0.4, 0.5) is 0 Å². The van der Waals surface area contributed by atoms with Crippen LogP contribution >= 0.6 is 0 Å². The molecule has 0 saturated carbocycles. The Bertz CT molecular complexity index is 452. The van der Waals surface area contributed by atoms with Crippen molar-refractivity contribution >= 4 is 24.3 Å². The molecular weight excluding hydrogens is 413 g/mol. The van der Waals surface area contributed by atoms with Gasteiger partial charge in [0.15, 0.2) is 0 Å². The SMILES string of the molecule is CCC[CH2][Sn]([CH2]CCC)([CH2]CCC)[CH2]N(Cc1ccccc1)C(C)=O. The standard InChI is InChI=1S/C10H12NO.3C4H9.Sn/c1-9(12)11(2)8-10-6-4-3-5-7-10;3*1-3-4-2;/h3-7H,2,8H2,1H3;3*1,3-4H2,2H3;. The summed E-state index contributed by atoms with van der Waals surface area (Å²) >= 11 is -2.32. The molecule has 0 unspecified atom stereocenters. The molecule has 3 heteroatoms. The fourth-order valence-corrected chi connectivity index (χ4v) is 20.0. The summed E-state index contributed by atoms with van der Waals surface area (Å²) in [5, 5.41) is 0. The molecule has 2 nitrogen and oxygen atoms in total. The monoisotopic (exact) mass is 453 g/mol. The van der Waals surface area contributed by atoms with Crippen molar-refractivity contribution in [2.24, 2.45) is 0 Å². The number of hydrogen-bond acceptors (Lipinski definition) is 1. The van der Waals surface area contributed by atoms with E-state index in [1.54, 1.807) is 6.92 Å². The first kappa shape index (κ1) is 22.5. The molecule has 0 aliphatic rings. The Labute approximate surface area is 160 Å². The number of unbranched alkanes of at least 4 members (excludes halogenated alkanes) is 3. The number of carbonyl (C=O) groups is 1. The first-order chi connectivity index (χ1) is 12.1. The van der Waals surface area contributed by atoms with Gasteiger partial charge in [-0.3, -0.25) is 0 Å². The van der Waals surface area contributed by atoms with Crippen molar-refractivity contribution in [2.75, 3.05) is 4.56 Å². The van der Waals surface area contributed by atoms with Gasteiger partial charge in [-0.2, -0.15) is 0 Å². The molecule has 0 spiro atoms. The molecule has 0 heterocycles. The Morgan fingerprint density at radius 2 is 1.36 bits per heavy atom. The maximum absolute atomic E-state index is 12.4. The fourth-order valence-electron chi connectivity index (χ4n) is 3.75. The molecule has 0 atom stereocenters. The average molecular weight is 452 g/mol. The molecule has 0 aliphatic heterocycles. The van der Waals surface area contributed by atoms with Gasteiger partial charge in [0, 0.05) is 0 Å². The molecular formula is C22H39NOSn. The second-order valence-electron chi connectivity index (χ2n) is 7.67. The van der Waals surface area contributed by atoms with Crippen LogP contribution in [0, 0.1) is 0 Å². The van der Waals surface area contributed by atoms with Gasteiger partial charge in [0.2, 0.25) is 0 Å². The maximum atomic E-state index is 12.4. The van der Waals surface area contributed by atoms with Crippen molar-refractivity contribution in [2.45, 2.75) is 86.1 Å². The van der Waals surface area contributed by atoms with Crippen molar-refractivity contribution in [1.82, 2.24) is 4.90 Å². The number of rotatable bonds is 13. The molecule has 1 rings (SSSR count). The van der Waals surface area contributed by atoms with Crippen molar-refractivity contribution in [3.8, 4) is 0 Å². The fraction of sp³-hybridized carbons (Fsp3) is 0.682. The third kappa shape index (κ3) is 8.61. The van der Waals surface area contributed by atoms with Gasteiger partial charge < -0.3 is 0 Å². The minimum absolute atomic E-state index is 0.259. The average Bonchev–Trinajstić information content (AvgIpc) is 2.63. The second kappa shape index (κ2) is 12.8. The number of nitrogens with zero attached hydrogens (tertiary/aromatic N) is 1. The first-order valence-electron chi connectivity index (χ1n) is 10.4. The van der Waals surface area contributed by atoms with E-state index < -0.39 is 18.4 Å². The van der Waals surface area contributed by atoms with Gasteiger partial charge in [0.25, 0.3) is 0 Å². The number of hydrogen-bond donors (Lipinski definition) is 0. The molecule has 0 aliphatic carbocycles. The molecule has 0 aromatic heterocycles. The number of amides is 1. The van der Waals surface area contributed by atoms with Crippen LogP contribution in [0.3, 0.4) is 0 Å². The zero-order chi connectivity index (χ0) is 18.5. The normalized spacial score (nSPS) is 11.5. The van der Waals surface area contributed by atoms with Gasteiger partial charge in [-0.15, -0.1) is 0 Å². The predicted molar refractivity (Wildman–Crippen MR) is 112 cm³/mol. The van der Waals surface area contributed by atoms with Crippen molar-refractivity contribution in [1.29, 1.82) is 0 Å². The third-order valence-electron chi connectivity index (χ3n) is 5.37. The van der Waals surface area contributed by atoms with E-state index in [2.05, 4.69) is 56.0 Å². The molecule has 0 bridgehead atoms. The predicted octanol–water partition coefficient (Wildman–Crippen LogP) is 6.42. The van der Waals surface area contributed by atoms with Crippen LogP contribution < -0.4 is 0 Å². The summed E-state index contributed by atoms with van der Waals surface area (Å²) in [6, 6.07) is 10.5. The Morgan fingerprint density at radius 1 is 0.880 bits per heavy atom. The van der Waals surface area contributed by atoms with E-state index in [-0.39, 0.29) is 5.91 Å². The second-order valence-corrected chi connectivity index (χ2v) is 21.4. The van der Waals surface area contributed by atoms with Crippen LogP contribution in [0.5, 0.6) is 0 Å². The van der Waals surface area contributed by atoms with E-state index in [1.165, 1.54) is 57.4 Å². The van der Waals surface area contributed by atoms with E-state index in [4.69, 9.17) is 0 Å². The molecule has 1 aromatic carbocycles. The Balaban J connectivity index is 2.95. The molecule has 1 amide bonds. The van der Waals surface area contributed by atoms with E-state index in [0.717, 1.165) is 11.1 Å². The number of carbonyl (C=O) groups excluding carboxylic acids is 1. The minimum atomic E-state index is -2.32. The summed E-state index contributed by atoms with van der Waals surface area (Å²) in [6.07, 6.45) is 7.95. The van der Waals surface area contributed by atoms with Gasteiger partial charge in [-0.05, 0) is 0 Å². The Kier molecular flexibility index (Phi) is 11.5. The van der Waals surface area contributed by atoms with E-state index in [9.17, 15) is 4.79 Å². The molecule has 0 saturated heterocycles. The van der Waals surface area contributed by atoms with Gasteiger partial charge in [0.05, 0.1) is 0 Å². The molecule has 0 radical (unpaired) electrons. The topological polar surface area (TPSA) is 20.3 Å². The summed E-state index contributed by atoms with van der Waals surface area (Å²) < 4.78 is 5.51. The molecule has 142 valence electrons. The Morgan fingerprint density at radius 3 is 1.76 bits per heavy atom. The van der Waals surface area contributed by atoms with E-state index in [0.29, 0.717) is 0 Å². The summed E-state index contributed by atoms with van der Waals surface area (Å²) in [6.45, 7) is 9.48. The van der Waals surface area contributed by atoms with Crippen LogP contribution in [-0.4, -0.2) is 33.7 Å². The van der Waals surface area contributed by atoms with Gasteiger partial charge in [-0.1, -0.05) is 0 Å². The van der Waals surface area contributed by atoms with Crippen molar-refractivity contribution in [3.63, 3.8) is 0 Å². The summed E-state index contributed by atoms with van der Waals surface area (Å²) in [4.78, 5) is 14.6. The molecule has 1 aromatic rings. The summed E-state index contributed by atoms with van der Waals surface area (Å²) in [7, 11) is 0. The van der Waals surface area contributed by atoms with Gasteiger partial charge >= 0.3 is 161 Å². The van der Waals surface area contributed by atoms with E-state index >= 15 is 0 Å². The van der Waals surface area contributed by atoms with Gasteiger partial charge in [0.1, 0.15) is 0 Å². The van der Waals surface area contributed by atoms with Crippen LogP contribution in [0.1, 0.15) is 71.8 Å². The van der Waals surface area contributed by atoms with Crippen molar-refractivity contribution < 1.29 is 4.79 Å².